The number of hydrogen-bond acceptors (Lipinski definition) is 7. The van der Waals surface area contributed by atoms with Crippen molar-refractivity contribution in [2.45, 2.75) is 23.3 Å². The molecule has 4 rings (SSSR count). The summed E-state index contributed by atoms with van der Waals surface area (Å²) in [6, 6.07) is 16.1. The highest BCUT2D eigenvalue weighted by Crippen LogP contribution is 2.29. The summed E-state index contributed by atoms with van der Waals surface area (Å²) in [7, 11) is 3.06. The van der Waals surface area contributed by atoms with Crippen LogP contribution in [0.4, 0.5) is 5.69 Å². The topological polar surface area (TPSA) is 67.8 Å². The molecule has 2 heterocycles. The number of anilines is 1. The molecule has 8 heteroatoms. The normalized spacial score (nSPS) is 13.7. The minimum Gasteiger partial charge on any atom is -0.378 e. The molecule has 1 aliphatic heterocycles. The molecule has 2 aromatic carbocycles. The van der Waals surface area contributed by atoms with Gasteiger partial charge in [0.2, 0.25) is 0 Å². The van der Waals surface area contributed by atoms with Crippen LogP contribution in [-0.4, -0.2) is 61.4 Å². The maximum Gasteiger partial charge on any atom is 0.277 e. The molecule has 1 aliphatic rings. The lowest BCUT2D eigenvalue weighted by molar-refractivity contribution is -0.0757. The molecule has 33 heavy (non-hydrogen) atoms. The van der Waals surface area contributed by atoms with E-state index in [0.717, 1.165) is 47.6 Å². The molecular formula is C25H28N4O3S. The zero-order valence-corrected chi connectivity index (χ0v) is 20.0. The van der Waals surface area contributed by atoms with Gasteiger partial charge in [0.25, 0.3) is 5.91 Å². The number of rotatable bonds is 7. The Labute approximate surface area is 198 Å². The third-order valence-electron chi connectivity index (χ3n) is 5.53. The van der Waals surface area contributed by atoms with Crippen LogP contribution in [-0.2, 0) is 16.0 Å². The van der Waals surface area contributed by atoms with Crippen LogP contribution in [0, 0.1) is 6.92 Å². The monoisotopic (exact) mass is 464 g/mol. The van der Waals surface area contributed by atoms with Crippen LogP contribution in [0.2, 0.25) is 0 Å². The molecule has 0 atom stereocenters. The fourth-order valence-corrected chi connectivity index (χ4v) is 4.38. The first kappa shape index (κ1) is 23.2. The minimum absolute atomic E-state index is 0.186. The molecule has 0 aliphatic carbocycles. The van der Waals surface area contributed by atoms with Crippen molar-refractivity contribution >= 4 is 23.4 Å². The molecule has 0 saturated carbocycles. The molecule has 0 bridgehead atoms. The van der Waals surface area contributed by atoms with Crippen molar-refractivity contribution in [3.8, 4) is 0 Å². The van der Waals surface area contributed by atoms with E-state index in [4.69, 9.17) is 14.6 Å². The fraction of sp³-hybridized carbons (Fsp3) is 0.320. The van der Waals surface area contributed by atoms with Crippen molar-refractivity contribution in [3.63, 3.8) is 0 Å². The maximum atomic E-state index is 12.2. The summed E-state index contributed by atoms with van der Waals surface area (Å²) >= 11 is 1.57. The van der Waals surface area contributed by atoms with Crippen LogP contribution in [0.25, 0.3) is 0 Å². The van der Waals surface area contributed by atoms with E-state index in [0.29, 0.717) is 12.0 Å². The van der Waals surface area contributed by atoms with Crippen LogP contribution in [0.15, 0.2) is 64.6 Å². The summed E-state index contributed by atoms with van der Waals surface area (Å²) in [5.74, 6) is 0.602. The van der Waals surface area contributed by atoms with E-state index in [-0.39, 0.29) is 5.91 Å². The van der Waals surface area contributed by atoms with Crippen molar-refractivity contribution in [2.75, 3.05) is 45.4 Å². The lowest BCUT2D eigenvalue weighted by Gasteiger charge is -2.28. The van der Waals surface area contributed by atoms with Gasteiger partial charge >= 0.3 is 0 Å². The third-order valence-corrected chi connectivity index (χ3v) is 6.64. The van der Waals surface area contributed by atoms with E-state index in [9.17, 15) is 4.79 Å². The lowest BCUT2D eigenvalue weighted by atomic mass is 10.1. The summed E-state index contributed by atoms with van der Waals surface area (Å²) in [5.41, 5.74) is 3.99. The number of carbonyl (C=O) groups is 1. The number of benzene rings is 2. The summed E-state index contributed by atoms with van der Waals surface area (Å²) in [5, 5.41) is 2.12. The van der Waals surface area contributed by atoms with Gasteiger partial charge in [-0.15, -0.1) is 0 Å². The van der Waals surface area contributed by atoms with Gasteiger partial charge in [-0.1, -0.05) is 23.9 Å². The number of aryl methyl sites for hydroxylation is 1. The van der Waals surface area contributed by atoms with Crippen LogP contribution < -0.4 is 4.90 Å². The Morgan fingerprint density at radius 2 is 1.82 bits per heavy atom. The molecule has 0 radical (unpaired) electrons. The summed E-state index contributed by atoms with van der Waals surface area (Å²) in [4.78, 5) is 29.9. The highest BCUT2D eigenvalue weighted by Gasteiger charge is 2.13. The predicted octanol–water partition coefficient (Wildman–Crippen LogP) is 4.00. The van der Waals surface area contributed by atoms with Gasteiger partial charge in [0.1, 0.15) is 10.9 Å². The first-order valence-electron chi connectivity index (χ1n) is 10.9. The Balaban J connectivity index is 1.43. The maximum absolute atomic E-state index is 12.2. The second-order valence-corrected chi connectivity index (χ2v) is 8.89. The molecule has 1 amide bonds. The second kappa shape index (κ2) is 10.8. The molecule has 0 unspecified atom stereocenters. The Morgan fingerprint density at radius 3 is 2.48 bits per heavy atom. The largest absolute Gasteiger partial charge is 0.378 e. The Bertz CT molecular complexity index is 1080. The van der Waals surface area contributed by atoms with Gasteiger partial charge in [0, 0.05) is 48.9 Å². The van der Waals surface area contributed by atoms with Crippen molar-refractivity contribution in [3.05, 3.63) is 77.2 Å². The highest BCUT2D eigenvalue weighted by atomic mass is 32.2. The standard InChI is InChI=1S/C25H28N4O3S/c1-18-17-26-23(16-19-4-8-21(9-5-19)29-12-14-32-15-13-29)27-24(18)33-22-10-6-20(7-11-22)25(30)28(2)31-3/h4-11,17H,12-16H2,1-3H3. The van der Waals surface area contributed by atoms with Crippen molar-refractivity contribution in [2.24, 2.45) is 0 Å². The Hall–Kier alpha value is -2.94. The van der Waals surface area contributed by atoms with E-state index in [1.807, 2.05) is 25.3 Å². The summed E-state index contributed by atoms with van der Waals surface area (Å²) in [6.07, 6.45) is 2.55. The van der Waals surface area contributed by atoms with Crippen molar-refractivity contribution in [1.82, 2.24) is 15.0 Å². The first-order chi connectivity index (χ1) is 16.0. The predicted molar refractivity (Wildman–Crippen MR) is 129 cm³/mol. The molecule has 172 valence electrons. The van der Waals surface area contributed by atoms with Gasteiger partial charge in [-0.25, -0.2) is 15.0 Å². The number of hydrogen-bond donors (Lipinski definition) is 0. The molecule has 7 nitrogen and oxygen atoms in total. The summed E-state index contributed by atoms with van der Waals surface area (Å²) < 4.78 is 5.44. The number of ether oxygens (including phenoxy) is 1. The van der Waals surface area contributed by atoms with Crippen molar-refractivity contribution in [1.29, 1.82) is 0 Å². The number of nitrogens with zero attached hydrogens (tertiary/aromatic N) is 4. The Kier molecular flexibility index (Phi) is 7.59. The number of amides is 1. The van der Waals surface area contributed by atoms with Gasteiger partial charge < -0.3 is 9.64 Å². The third kappa shape index (κ3) is 5.90. The Morgan fingerprint density at radius 1 is 1.12 bits per heavy atom. The van der Waals surface area contributed by atoms with E-state index in [1.165, 1.54) is 23.4 Å². The van der Waals surface area contributed by atoms with E-state index in [1.54, 1.807) is 30.9 Å². The average Bonchev–Trinajstić information content (AvgIpc) is 2.86. The van der Waals surface area contributed by atoms with E-state index < -0.39 is 0 Å². The molecule has 3 aromatic rings. The highest BCUT2D eigenvalue weighted by molar-refractivity contribution is 7.99. The van der Waals surface area contributed by atoms with Gasteiger partial charge in [-0.3, -0.25) is 9.63 Å². The second-order valence-electron chi connectivity index (χ2n) is 7.83. The minimum atomic E-state index is -0.186. The van der Waals surface area contributed by atoms with E-state index in [2.05, 4.69) is 34.1 Å². The van der Waals surface area contributed by atoms with Crippen LogP contribution in [0.5, 0.6) is 0 Å². The zero-order chi connectivity index (χ0) is 23.2. The average molecular weight is 465 g/mol. The van der Waals surface area contributed by atoms with E-state index >= 15 is 0 Å². The molecular weight excluding hydrogens is 436 g/mol. The van der Waals surface area contributed by atoms with Crippen LogP contribution in [0.3, 0.4) is 0 Å². The molecule has 0 spiro atoms. The number of morpholine rings is 1. The number of hydroxylamine groups is 2. The van der Waals surface area contributed by atoms with Gasteiger partial charge in [-0.05, 0) is 54.4 Å². The SMILES string of the molecule is CON(C)C(=O)c1ccc(Sc2nc(Cc3ccc(N4CCOCC4)cc3)ncc2C)cc1. The first-order valence-corrected chi connectivity index (χ1v) is 11.7. The molecule has 1 fully saturated rings. The van der Waals surface area contributed by atoms with Gasteiger partial charge in [0.15, 0.2) is 0 Å². The number of carbonyl (C=O) groups excluding carboxylic acids is 1. The summed E-state index contributed by atoms with van der Waals surface area (Å²) in [6.45, 7) is 5.43. The van der Waals surface area contributed by atoms with Crippen LogP contribution >= 0.6 is 11.8 Å². The quantitative estimate of drug-likeness (QED) is 0.387. The molecule has 1 aromatic heterocycles. The zero-order valence-electron chi connectivity index (χ0n) is 19.2. The smallest absolute Gasteiger partial charge is 0.277 e. The lowest BCUT2D eigenvalue weighted by Crippen LogP contribution is -2.36. The van der Waals surface area contributed by atoms with Crippen LogP contribution in [0.1, 0.15) is 27.3 Å². The van der Waals surface area contributed by atoms with Gasteiger partial charge in [-0.2, -0.15) is 0 Å². The van der Waals surface area contributed by atoms with Gasteiger partial charge in [0.05, 0.1) is 20.3 Å². The fourth-order valence-electron chi connectivity index (χ4n) is 3.52. The molecule has 1 saturated heterocycles. The van der Waals surface area contributed by atoms with Crippen molar-refractivity contribution < 1.29 is 14.4 Å². The molecule has 0 N–H and O–H groups in total. The number of aromatic nitrogens is 2.